The van der Waals surface area contributed by atoms with Crippen LogP contribution in [0.25, 0.3) is 0 Å². The minimum absolute atomic E-state index is 0.000347. The van der Waals surface area contributed by atoms with Gasteiger partial charge in [-0.15, -0.1) is 0 Å². The molecule has 8 heteroatoms. The molecule has 21 heavy (non-hydrogen) atoms. The Kier molecular flexibility index (Phi) is 3.13. The lowest BCUT2D eigenvalue weighted by molar-refractivity contribution is -0.143. The van der Waals surface area contributed by atoms with Gasteiger partial charge in [-0.2, -0.15) is 0 Å². The predicted octanol–water partition coefficient (Wildman–Crippen LogP) is 2.26. The van der Waals surface area contributed by atoms with Gasteiger partial charge in [0.05, 0.1) is 16.4 Å². The maximum absolute atomic E-state index is 14.3. The van der Waals surface area contributed by atoms with Crippen molar-refractivity contribution in [2.45, 2.75) is 24.0 Å². The molecule has 1 heterocycles. The summed E-state index contributed by atoms with van der Waals surface area (Å²) in [6, 6.07) is 2.66. The zero-order valence-corrected chi connectivity index (χ0v) is 12.2. The second-order valence-electron chi connectivity index (χ2n) is 5.46. The predicted molar refractivity (Wildman–Crippen MR) is 69.5 cm³/mol. The Labute approximate surface area is 126 Å². The number of aliphatic hydroxyl groups is 1. The molecule has 2 aliphatic rings. The highest BCUT2D eigenvalue weighted by molar-refractivity contribution is 9.10. The lowest BCUT2D eigenvalue weighted by Crippen LogP contribution is -2.46. The lowest BCUT2D eigenvalue weighted by atomic mass is 9.85. The summed E-state index contributed by atoms with van der Waals surface area (Å²) in [6.07, 6.45) is -1.97. The van der Waals surface area contributed by atoms with Crippen molar-refractivity contribution in [1.29, 1.82) is 0 Å². The molecule has 1 fully saturated rings. The first-order valence-corrected chi connectivity index (χ1v) is 6.99. The molecule has 1 aromatic carbocycles. The van der Waals surface area contributed by atoms with Crippen molar-refractivity contribution in [2.24, 2.45) is 0 Å². The van der Waals surface area contributed by atoms with Crippen LogP contribution in [0.2, 0.25) is 0 Å². The van der Waals surface area contributed by atoms with Crippen LogP contribution in [-0.4, -0.2) is 40.1 Å². The van der Waals surface area contributed by atoms with Crippen molar-refractivity contribution in [1.82, 2.24) is 4.90 Å². The van der Waals surface area contributed by atoms with E-state index in [0.29, 0.717) is 0 Å². The van der Waals surface area contributed by atoms with Gasteiger partial charge in [0.25, 0.3) is 5.92 Å². The molecule has 1 spiro atoms. The summed E-state index contributed by atoms with van der Waals surface area (Å²) in [7, 11) is 0. The molecule has 0 radical (unpaired) electrons. The molecule has 0 saturated heterocycles. The molecule has 1 aliphatic carbocycles. The third-order valence-electron chi connectivity index (χ3n) is 4.14. The molecule has 114 valence electrons. The quantitative estimate of drug-likeness (QED) is 0.843. The number of aliphatic carboxylic acids is 1. The average molecular weight is 366 g/mol. The summed E-state index contributed by atoms with van der Waals surface area (Å²) >= 11 is 2.96. The normalized spacial score (nSPS) is 30.2. The van der Waals surface area contributed by atoms with Crippen LogP contribution in [0, 0.1) is 5.82 Å². The summed E-state index contributed by atoms with van der Waals surface area (Å²) in [6.45, 7) is -0.982. The van der Waals surface area contributed by atoms with Crippen LogP contribution in [0.1, 0.15) is 23.8 Å². The summed E-state index contributed by atoms with van der Waals surface area (Å²) in [5, 5.41) is 19.0. The number of aliphatic hydroxyl groups excluding tert-OH is 1. The van der Waals surface area contributed by atoms with E-state index < -0.39 is 48.9 Å². The highest BCUT2D eigenvalue weighted by Crippen LogP contribution is 2.65. The fourth-order valence-electron chi connectivity index (χ4n) is 3.07. The van der Waals surface area contributed by atoms with Gasteiger partial charge in [0.15, 0.2) is 0 Å². The second-order valence-corrected chi connectivity index (χ2v) is 6.32. The van der Waals surface area contributed by atoms with Crippen molar-refractivity contribution in [3.05, 3.63) is 33.5 Å². The van der Waals surface area contributed by atoms with Crippen molar-refractivity contribution < 1.29 is 28.2 Å². The first-order valence-electron chi connectivity index (χ1n) is 6.20. The van der Waals surface area contributed by atoms with Gasteiger partial charge in [-0.1, -0.05) is 6.07 Å². The van der Waals surface area contributed by atoms with Crippen LogP contribution in [0.4, 0.5) is 13.2 Å². The van der Waals surface area contributed by atoms with E-state index in [4.69, 9.17) is 5.11 Å². The number of alkyl halides is 2. The topological polar surface area (TPSA) is 60.8 Å². The monoisotopic (exact) mass is 365 g/mol. The van der Waals surface area contributed by atoms with Crippen LogP contribution in [0.5, 0.6) is 0 Å². The molecule has 0 bridgehead atoms. The zero-order valence-electron chi connectivity index (χ0n) is 10.6. The molecule has 1 aliphatic heterocycles. The SMILES string of the molecule is O=C(O)CN1CC2(CC2(F)F)c2c(ccc(Br)c2F)C1O. The summed E-state index contributed by atoms with van der Waals surface area (Å²) in [4.78, 5) is 11.8. The first-order chi connectivity index (χ1) is 9.69. The number of hydrogen-bond donors (Lipinski definition) is 2. The average Bonchev–Trinajstić information content (AvgIpc) is 2.90. The Morgan fingerprint density at radius 2 is 2.10 bits per heavy atom. The van der Waals surface area contributed by atoms with Crippen molar-refractivity contribution in [3.8, 4) is 0 Å². The Hall–Kier alpha value is -1.12. The van der Waals surface area contributed by atoms with Crippen LogP contribution in [-0.2, 0) is 10.2 Å². The van der Waals surface area contributed by atoms with E-state index in [1.807, 2.05) is 0 Å². The summed E-state index contributed by atoms with van der Waals surface area (Å²) < 4.78 is 42.1. The maximum atomic E-state index is 14.3. The summed E-state index contributed by atoms with van der Waals surface area (Å²) in [5.41, 5.74) is -1.97. The van der Waals surface area contributed by atoms with E-state index in [9.17, 15) is 23.1 Å². The number of halogens is 4. The summed E-state index contributed by atoms with van der Waals surface area (Å²) in [5.74, 6) is -5.17. The third-order valence-corrected chi connectivity index (χ3v) is 4.75. The van der Waals surface area contributed by atoms with Gasteiger partial charge in [0.1, 0.15) is 12.0 Å². The number of hydrogen-bond acceptors (Lipinski definition) is 3. The van der Waals surface area contributed by atoms with E-state index in [1.165, 1.54) is 12.1 Å². The highest BCUT2D eigenvalue weighted by Gasteiger charge is 2.75. The largest absolute Gasteiger partial charge is 0.480 e. The number of carboxylic acid groups (broad SMARTS) is 1. The molecule has 2 N–H and O–H groups in total. The lowest BCUT2D eigenvalue weighted by Gasteiger charge is -2.38. The molecule has 2 atom stereocenters. The third kappa shape index (κ3) is 2.00. The number of nitrogens with zero attached hydrogens (tertiary/aromatic N) is 1. The standard InChI is InChI=1S/C13H11BrF3NO3/c14-7-2-1-6-9(10(7)15)12(4-13(12,16)17)5-18(11(6)21)3-8(19)20/h1-2,11,21H,3-5H2,(H,19,20). The molecular weight excluding hydrogens is 355 g/mol. The van der Waals surface area contributed by atoms with Gasteiger partial charge in [0, 0.05) is 24.1 Å². The molecular formula is C13H11BrF3NO3. The molecule has 0 aromatic heterocycles. The van der Waals surface area contributed by atoms with Gasteiger partial charge in [-0.3, -0.25) is 9.69 Å². The fourth-order valence-corrected chi connectivity index (χ4v) is 3.40. The zero-order chi connectivity index (χ0) is 15.6. The second kappa shape index (κ2) is 4.44. The van der Waals surface area contributed by atoms with Crippen molar-refractivity contribution in [3.63, 3.8) is 0 Å². The number of fused-ring (bicyclic) bond motifs is 2. The minimum atomic E-state index is -3.11. The van der Waals surface area contributed by atoms with E-state index in [-0.39, 0.29) is 15.6 Å². The Balaban J connectivity index is 2.15. The molecule has 1 saturated carbocycles. The Morgan fingerprint density at radius 1 is 1.48 bits per heavy atom. The van der Waals surface area contributed by atoms with Crippen LogP contribution >= 0.6 is 15.9 Å². The van der Waals surface area contributed by atoms with Crippen LogP contribution < -0.4 is 0 Å². The molecule has 0 amide bonds. The highest BCUT2D eigenvalue weighted by atomic mass is 79.9. The molecule has 2 unspecified atom stereocenters. The molecule has 3 rings (SSSR count). The Bertz CT molecular complexity index is 639. The van der Waals surface area contributed by atoms with Gasteiger partial charge < -0.3 is 10.2 Å². The van der Waals surface area contributed by atoms with Gasteiger partial charge in [-0.05, 0) is 22.0 Å². The number of rotatable bonds is 2. The Morgan fingerprint density at radius 3 is 2.62 bits per heavy atom. The number of benzene rings is 1. The van der Waals surface area contributed by atoms with E-state index in [0.717, 1.165) is 4.90 Å². The minimum Gasteiger partial charge on any atom is -0.480 e. The van der Waals surface area contributed by atoms with Crippen molar-refractivity contribution >= 4 is 21.9 Å². The van der Waals surface area contributed by atoms with E-state index in [1.54, 1.807) is 0 Å². The molecule has 4 nitrogen and oxygen atoms in total. The smallest absolute Gasteiger partial charge is 0.317 e. The van der Waals surface area contributed by atoms with Crippen LogP contribution in [0.15, 0.2) is 16.6 Å². The van der Waals surface area contributed by atoms with E-state index in [2.05, 4.69) is 15.9 Å². The van der Waals surface area contributed by atoms with Crippen molar-refractivity contribution in [2.75, 3.05) is 13.1 Å². The number of carboxylic acids is 1. The first kappa shape index (κ1) is 14.8. The van der Waals surface area contributed by atoms with Gasteiger partial charge in [0.2, 0.25) is 0 Å². The van der Waals surface area contributed by atoms with E-state index >= 15 is 0 Å². The number of carbonyl (C=O) groups is 1. The molecule has 1 aromatic rings. The van der Waals surface area contributed by atoms with Gasteiger partial charge >= 0.3 is 5.97 Å². The maximum Gasteiger partial charge on any atom is 0.317 e. The van der Waals surface area contributed by atoms with Crippen LogP contribution in [0.3, 0.4) is 0 Å². The van der Waals surface area contributed by atoms with Gasteiger partial charge in [-0.25, -0.2) is 13.2 Å². The fraction of sp³-hybridized carbons (Fsp3) is 0.462.